The molecule has 4 amide bonds. The Kier molecular flexibility index (Phi) is 10.8. The van der Waals surface area contributed by atoms with E-state index in [-0.39, 0.29) is 19.3 Å². The number of nitrogens with one attached hydrogen (secondary N) is 3. The third-order valence-corrected chi connectivity index (χ3v) is 4.50. The number of hydrogen-bond donors (Lipinski definition) is 7. The molecule has 0 aliphatic rings. The number of carbonyl (C=O) groups excluding carboxylic acids is 4. The molecular formula is C20H29N5O7. The van der Waals surface area contributed by atoms with Crippen LogP contribution in [-0.2, 0) is 30.4 Å². The Morgan fingerprint density at radius 3 is 2.03 bits per heavy atom. The molecule has 1 rings (SSSR count). The van der Waals surface area contributed by atoms with Crippen molar-refractivity contribution in [2.24, 2.45) is 11.5 Å². The lowest BCUT2D eigenvalue weighted by molar-refractivity contribution is -0.141. The summed E-state index contributed by atoms with van der Waals surface area (Å²) >= 11 is 0. The summed E-state index contributed by atoms with van der Waals surface area (Å²) in [5, 5.41) is 25.5. The van der Waals surface area contributed by atoms with Crippen molar-refractivity contribution in [2.75, 3.05) is 6.61 Å². The number of amides is 4. The maximum atomic E-state index is 12.6. The second-order valence-electron chi connectivity index (χ2n) is 7.17. The van der Waals surface area contributed by atoms with Gasteiger partial charge in [0.1, 0.15) is 18.1 Å². The van der Waals surface area contributed by atoms with Crippen LogP contribution in [-0.4, -0.2) is 70.6 Å². The maximum absolute atomic E-state index is 12.6. The van der Waals surface area contributed by atoms with E-state index in [1.807, 2.05) is 0 Å². The second-order valence-corrected chi connectivity index (χ2v) is 7.17. The smallest absolute Gasteiger partial charge is 0.325 e. The molecule has 0 fully saturated rings. The number of carboxylic acids is 1. The van der Waals surface area contributed by atoms with Crippen LogP contribution in [0.5, 0.6) is 0 Å². The lowest BCUT2D eigenvalue weighted by Crippen LogP contribution is -2.58. The molecule has 0 saturated carbocycles. The van der Waals surface area contributed by atoms with Crippen LogP contribution in [0.4, 0.5) is 0 Å². The minimum atomic E-state index is -1.43. The summed E-state index contributed by atoms with van der Waals surface area (Å²) in [4.78, 5) is 59.2. The minimum absolute atomic E-state index is 0.0367. The van der Waals surface area contributed by atoms with Crippen molar-refractivity contribution in [3.05, 3.63) is 35.9 Å². The Morgan fingerprint density at radius 2 is 1.50 bits per heavy atom. The topological polar surface area (TPSA) is 214 Å². The number of carbonyl (C=O) groups is 5. The molecule has 9 N–H and O–H groups in total. The first-order valence-electron chi connectivity index (χ1n) is 9.87. The van der Waals surface area contributed by atoms with E-state index in [9.17, 15) is 29.1 Å². The number of aliphatic hydroxyl groups excluding tert-OH is 1. The van der Waals surface area contributed by atoms with Crippen LogP contribution < -0.4 is 27.4 Å². The zero-order chi connectivity index (χ0) is 24.3. The first kappa shape index (κ1) is 26.5. The van der Waals surface area contributed by atoms with Crippen LogP contribution in [0.25, 0.3) is 0 Å². The van der Waals surface area contributed by atoms with Gasteiger partial charge in [-0.05, 0) is 18.9 Å². The average molecular weight is 451 g/mol. The van der Waals surface area contributed by atoms with Crippen molar-refractivity contribution in [1.29, 1.82) is 0 Å². The van der Waals surface area contributed by atoms with E-state index >= 15 is 0 Å². The fourth-order valence-corrected chi connectivity index (χ4v) is 2.61. The third-order valence-electron chi connectivity index (χ3n) is 4.50. The average Bonchev–Trinajstić information content (AvgIpc) is 2.75. The van der Waals surface area contributed by atoms with E-state index in [2.05, 4.69) is 16.0 Å². The van der Waals surface area contributed by atoms with Gasteiger partial charge in [-0.1, -0.05) is 30.3 Å². The summed E-state index contributed by atoms with van der Waals surface area (Å²) in [6.07, 6.45) is -0.145. The predicted octanol–water partition coefficient (Wildman–Crippen LogP) is -2.63. The standard InChI is InChI=1S/C20H29N5O7/c1-11(20(31)32)23-18(29)14(9-12-5-3-2-4-6-12)24-19(30)15(10-26)25-17(28)13(21)7-8-16(22)27/h2-6,11,13-15,26H,7-10,21H2,1H3,(H2,22,27)(H,23,29)(H,24,30)(H,25,28)(H,31,32). The van der Waals surface area contributed by atoms with Crippen molar-refractivity contribution >= 4 is 29.6 Å². The molecule has 1 aromatic rings. The van der Waals surface area contributed by atoms with E-state index in [0.717, 1.165) is 0 Å². The number of aliphatic hydroxyl groups is 1. The molecule has 0 aromatic heterocycles. The van der Waals surface area contributed by atoms with Gasteiger partial charge in [0.2, 0.25) is 23.6 Å². The molecule has 32 heavy (non-hydrogen) atoms. The summed E-state index contributed by atoms with van der Waals surface area (Å²) in [5.74, 6) is -4.31. The number of carboxylic acid groups (broad SMARTS) is 1. The Labute approximate surface area is 184 Å². The quantitative estimate of drug-likeness (QED) is 0.168. The summed E-state index contributed by atoms with van der Waals surface area (Å²) in [6, 6.07) is 3.73. The van der Waals surface area contributed by atoms with Gasteiger partial charge >= 0.3 is 5.97 Å². The van der Waals surface area contributed by atoms with Crippen molar-refractivity contribution in [1.82, 2.24) is 16.0 Å². The monoisotopic (exact) mass is 451 g/mol. The van der Waals surface area contributed by atoms with Crippen LogP contribution in [0.1, 0.15) is 25.3 Å². The summed E-state index contributed by atoms with van der Waals surface area (Å²) in [6.45, 7) is 0.483. The summed E-state index contributed by atoms with van der Waals surface area (Å²) in [7, 11) is 0. The van der Waals surface area contributed by atoms with Gasteiger partial charge in [0.15, 0.2) is 0 Å². The lowest BCUT2D eigenvalue weighted by Gasteiger charge is -2.24. The largest absolute Gasteiger partial charge is 0.480 e. The number of primary amides is 1. The molecule has 4 atom stereocenters. The molecular weight excluding hydrogens is 422 g/mol. The number of aliphatic carboxylic acids is 1. The van der Waals surface area contributed by atoms with E-state index in [4.69, 9.17) is 16.6 Å². The number of hydrogen-bond acceptors (Lipinski definition) is 7. The minimum Gasteiger partial charge on any atom is -0.480 e. The van der Waals surface area contributed by atoms with Crippen LogP contribution >= 0.6 is 0 Å². The number of benzene rings is 1. The first-order valence-corrected chi connectivity index (χ1v) is 9.87. The van der Waals surface area contributed by atoms with Crippen LogP contribution in [0.2, 0.25) is 0 Å². The first-order chi connectivity index (χ1) is 15.0. The van der Waals surface area contributed by atoms with E-state index in [1.54, 1.807) is 30.3 Å². The normalized spacial score (nSPS) is 14.3. The van der Waals surface area contributed by atoms with E-state index in [1.165, 1.54) is 6.92 Å². The second kappa shape index (κ2) is 13.0. The highest BCUT2D eigenvalue weighted by molar-refractivity contribution is 5.94. The van der Waals surface area contributed by atoms with Crippen LogP contribution in [0, 0.1) is 0 Å². The van der Waals surface area contributed by atoms with Crippen molar-refractivity contribution in [2.45, 2.75) is 50.4 Å². The van der Waals surface area contributed by atoms with Crippen LogP contribution in [0.15, 0.2) is 30.3 Å². The van der Waals surface area contributed by atoms with Gasteiger partial charge in [0.25, 0.3) is 0 Å². The van der Waals surface area contributed by atoms with Gasteiger partial charge in [-0.25, -0.2) is 0 Å². The van der Waals surface area contributed by atoms with Crippen molar-refractivity contribution in [3.8, 4) is 0 Å². The Bertz CT molecular complexity index is 818. The van der Waals surface area contributed by atoms with Crippen molar-refractivity contribution in [3.63, 3.8) is 0 Å². The number of rotatable bonds is 13. The molecule has 176 valence electrons. The lowest BCUT2D eigenvalue weighted by atomic mass is 10.0. The zero-order valence-corrected chi connectivity index (χ0v) is 17.6. The molecule has 0 saturated heterocycles. The molecule has 0 heterocycles. The van der Waals surface area contributed by atoms with Gasteiger partial charge in [-0.2, -0.15) is 0 Å². The van der Waals surface area contributed by atoms with E-state index < -0.39 is 60.4 Å². The molecule has 4 unspecified atom stereocenters. The highest BCUT2D eigenvalue weighted by atomic mass is 16.4. The van der Waals surface area contributed by atoms with E-state index in [0.29, 0.717) is 5.56 Å². The van der Waals surface area contributed by atoms with Gasteiger partial charge in [0, 0.05) is 12.8 Å². The molecule has 0 bridgehead atoms. The third kappa shape index (κ3) is 9.10. The molecule has 12 nitrogen and oxygen atoms in total. The Balaban J connectivity index is 2.89. The van der Waals surface area contributed by atoms with Gasteiger partial charge < -0.3 is 37.6 Å². The number of nitrogens with two attached hydrogens (primary N) is 2. The highest BCUT2D eigenvalue weighted by Crippen LogP contribution is 2.05. The maximum Gasteiger partial charge on any atom is 0.325 e. The Hall–Kier alpha value is -3.51. The summed E-state index contributed by atoms with van der Waals surface area (Å²) < 4.78 is 0. The molecule has 1 aromatic carbocycles. The molecule has 0 radical (unpaired) electrons. The zero-order valence-electron chi connectivity index (χ0n) is 17.6. The van der Waals surface area contributed by atoms with Gasteiger partial charge in [0.05, 0.1) is 12.6 Å². The van der Waals surface area contributed by atoms with Crippen molar-refractivity contribution < 1.29 is 34.2 Å². The molecule has 0 aliphatic heterocycles. The molecule has 0 spiro atoms. The summed E-state index contributed by atoms with van der Waals surface area (Å²) in [5.41, 5.74) is 11.4. The van der Waals surface area contributed by atoms with Gasteiger partial charge in [-0.15, -0.1) is 0 Å². The van der Waals surface area contributed by atoms with Gasteiger partial charge in [-0.3, -0.25) is 24.0 Å². The molecule has 12 heteroatoms. The van der Waals surface area contributed by atoms with Crippen LogP contribution in [0.3, 0.4) is 0 Å². The fraction of sp³-hybridized carbons (Fsp3) is 0.450. The Morgan fingerprint density at radius 1 is 0.938 bits per heavy atom. The SMILES string of the molecule is CC(NC(=O)C(Cc1ccccc1)NC(=O)C(CO)NC(=O)C(N)CCC(N)=O)C(=O)O. The fourth-order valence-electron chi connectivity index (χ4n) is 2.61. The predicted molar refractivity (Wildman–Crippen MR) is 113 cm³/mol. The molecule has 0 aliphatic carbocycles. The highest BCUT2D eigenvalue weighted by Gasteiger charge is 2.29.